The van der Waals surface area contributed by atoms with Gasteiger partial charge in [0.15, 0.2) is 0 Å². The van der Waals surface area contributed by atoms with Crippen LogP contribution in [-0.2, 0) is 5.41 Å². The van der Waals surface area contributed by atoms with Crippen molar-refractivity contribution in [3.8, 4) is 44.5 Å². The summed E-state index contributed by atoms with van der Waals surface area (Å²) in [7, 11) is 0. The van der Waals surface area contributed by atoms with Gasteiger partial charge in [0, 0.05) is 37.2 Å². The van der Waals surface area contributed by atoms with E-state index >= 15 is 0 Å². The molecule has 0 N–H and O–H groups in total. The highest BCUT2D eigenvalue weighted by atomic mass is 32.1. The average molecular weight is 820 g/mol. The molecule has 0 aliphatic heterocycles. The summed E-state index contributed by atoms with van der Waals surface area (Å²) in [5.74, 6) is 0. The molecule has 63 heavy (non-hydrogen) atoms. The molecule has 0 saturated carbocycles. The van der Waals surface area contributed by atoms with Crippen molar-refractivity contribution in [3.05, 3.63) is 271 Å². The van der Waals surface area contributed by atoms with Crippen LogP contribution in [-0.4, -0.2) is 0 Å². The monoisotopic (exact) mass is 819 g/mol. The van der Waals surface area contributed by atoms with Crippen LogP contribution in [0.5, 0.6) is 0 Å². The van der Waals surface area contributed by atoms with E-state index in [1.807, 2.05) is 11.3 Å². The molecule has 1 aliphatic rings. The molecule has 2 heteroatoms. The lowest BCUT2D eigenvalue weighted by molar-refractivity contribution is 0.768. The lowest BCUT2D eigenvalue weighted by Crippen LogP contribution is -2.28. The molecule has 0 radical (unpaired) electrons. The largest absolute Gasteiger partial charge is 0.310 e. The fraction of sp³-hybridized carbons (Fsp3) is 0.0164. The van der Waals surface area contributed by atoms with Crippen molar-refractivity contribution >= 4 is 48.6 Å². The van der Waals surface area contributed by atoms with Gasteiger partial charge in [-0.3, -0.25) is 0 Å². The molecule has 0 unspecified atom stereocenters. The SMILES string of the molecule is c1ccc(-c2cccc(N(c3ccc(-c4ccc5c(c4)-c4ccccc4C5(c4ccccc4)c4ccccc4)cc3)c3ccc(-c4ccc5c(c4)sc4ccccc45)cc3)c2)cc1. The van der Waals surface area contributed by atoms with E-state index in [2.05, 4.69) is 254 Å². The lowest BCUT2D eigenvalue weighted by Gasteiger charge is -2.33. The summed E-state index contributed by atoms with van der Waals surface area (Å²) in [5, 5.41) is 2.65. The highest BCUT2D eigenvalue weighted by Gasteiger charge is 2.45. The average Bonchev–Trinajstić information content (AvgIpc) is 3.89. The van der Waals surface area contributed by atoms with Gasteiger partial charge < -0.3 is 4.90 Å². The van der Waals surface area contributed by atoms with Crippen LogP contribution < -0.4 is 4.90 Å². The first-order chi connectivity index (χ1) is 31.2. The fourth-order valence-corrected chi connectivity index (χ4v) is 11.2. The van der Waals surface area contributed by atoms with E-state index in [-0.39, 0.29) is 0 Å². The molecule has 12 rings (SSSR count). The van der Waals surface area contributed by atoms with Crippen LogP contribution in [0.25, 0.3) is 64.7 Å². The quantitative estimate of drug-likeness (QED) is 0.148. The van der Waals surface area contributed by atoms with Gasteiger partial charge in [-0.15, -0.1) is 11.3 Å². The Labute approximate surface area is 372 Å². The first-order valence-corrected chi connectivity index (χ1v) is 22.5. The summed E-state index contributed by atoms with van der Waals surface area (Å²) in [6.45, 7) is 0. The zero-order valence-electron chi connectivity index (χ0n) is 34.5. The maximum atomic E-state index is 2.41. The number of hydrogen-bond acceptors (Lipinski definition) is 2. The lowest BCUT2D eigenvalue weighted by atomic mass is 9.67. The van der Waals surface area contributed by atoms with Crippen molar-refractivity contribution < 1.29 is 0 Å². The predicted molar refractivity (Wildman–Crippen MR) is 268 cm³/mol. The molecule has 0 bridgehead atoms. The maximum Gasteiger partial charge on any atom is 0.0713 e. The molecule has 1 heterocycles. The Morgan fingerprint density at radius 3 is 1.48 bits per heavy atom. The molecule has 0 saturated heterocycles. The second-order valence-corrected chi connectivity index (χ2v) is 17.5. The zero-order valence-corrected chi connectivity index (χ0v) is 35.3. The molecule has 0 atom stereocenters. The van der Waals surface area contributed by atoms with Gasteiger partial charge in [-0.2, -0.15) is 0 Å². The first-order valence-electron chi connectivity index (χ1n) is 21.7. The molecule has 0 amide bonds. The predicted octanol–water partition coefficient (Wildman–Crippen LogP) is 16.9. The highest BCUT2D eigenvalue weighted by molar-refractivity contribution is 7.25. The van der Waals surface area contributed by atoms with E-state index in [9.17, 15) is 0 Å². The van der Waals surface area contributed by atoms with Crippen LogP contribution in [0.2, 0.25) is 0 Å². The normalized spacial score (nSPS) is 12.6. The topological polar surface area (TPSA) is 3.24 Å². The number of anilines is 3. The third-order valence-electron chi connectivity index (χ3n) is 13.0. The van der Waals surface area contributed by atoms with Crippen molar-refractivity contribution in [1.82, 2.24) is 0 Å². The van der Waals surface area contributed by atoms with Crippen molar-refractivity contribution in [2.24, 2.45) is 0 Å². The van der Waals surface area contributed by atoms with E-state index in [1.54, 1.807) is 0 Å². The third-order valence-corrected chi connectivity index (χ3v) is 14.1. The Bertz CT molecular complexity index is 3380. The molecule has 11 aromatic rings. The Kier molecular flexibility index (Phi) is 8.98. The summed E-state index contributed by atoms with van der Waals surface area (Å²) in [5.41, 5.74) is 17.9. The van der Waals surface area contributed by atoms with Gasteiger partial charge in [0.2, 0.25) is 0 Å². The van der Waals surface area contributed by atoms with Gasteiger partial charge >= 0.3 is 0 Å². The Morgan fingerprint density at radius 1 is 0.286 bits per heavy atom. The van der Waals surface area contributed by atoms with Crippen molar-refractivity contribution in [3.63, 3.8) is 0 Å². The molecular weight excluding hydrogens is 779 g/mol. The molecule has 0 fully saturated rings. The minimum atomic E-state index is -0.410. The van der Waals surface area contributed by atoms with Crippen molar-refractivity contribution in [2.45, 2.75) is 5.41 Å². The number of hydrogen-bond donors (Lipinski definition) is 0. The number of thiophene rings is 1. The molecule has 1 nitrogen and oxygen atoms in total. The van der Waals surface area contributed by atoms with Crippen LogP contribution in [0.15, 0.2) is 249 Å². The summed E-state index contributed by atoms with van der Waals surface area (Å²) in [6, 6.07) is 91.4. The van der Waals surface area contributed by atoms with Crippen LogP contribution in [0.4, 0.5) is 17.1 Å². The van der Waals surface area contributed by atoms with E-state index < -0.39 is 5.41 Å². The number of rotatable bonds is 8. The zero-order chi connectivity index (χ0) is 41.7. The van der Waals surface area contributed by atoms with Gasteiger partial charge in [-0.25, -0.2) is 0 Å². The Balaban J connectivity index is 0.937. The first kappa shape index (κ1) is 37.0. The number of benzene rings is 10. The summed E-state index contributed by atoms with van der Waals surface area (Å²) in [4.78, 5) is 2.38. The van der Waals surface area contributed by atoms with E-state index in [0.29, 0.717) is 0 Å². The summed E-state index contributed by atoms with van der Waals surface area (Å²) >= 11 is 1.86. The van der Waals surface area contributed by atoms with Crippen LogP contribution in [0.1, 0.15) is 22.3 Å². The summed E-state index contributed by atoms with van der Waals surface area (Å²) in [6.07, 6.45) is 0. The van der Waals surface area contributed by atoms with Crippen molar-refractivity contribution in [1.29, 1.82) is 0 Å². The van der Waals surface area contributed by atoms with Crippen LogP contribution >= 0.6 is 11.3 Å². The van der Waals surface area contributed by atoms with E-state index in [1.165, 1.54) is 86.9 Å². The van der Waals surface area contributed by atoms with Gasteiger partial charge in [-0.05, 0) is 121 Å². The minimum absolute atomic E-state index is 0.410. The molecule has 296 valence electrons. The Morgan fingerprint density at radius 2 is 0.778 bits per heavy atom. The van der Waals surface area contributed by atoms with Crippen LogP contribution in [0.3, 0.4) is 0 Å². The van der Waals surface area contributed by atoms with Gasteiger partial charge in [0.25, 0.3) is 0 Å². The second-order valence-electron chi connectivity index (χ2n) is 16.4. The molecule has 10 aromatic carbocycles. The third kappa shape index (κ3) is 6.22. The smallest absolute Gasteiger partial charge is 0.0713 e. The van der Waals surface area contributed by atoms with E-state index in [0.717, 1.165) is 17.1 Å². The maximum absolute atomic E-state index is 2.41. The molecular formula is C61H41NS. The van der Waals surface area contributed by atoms with Crippen molar-refractivity contribution in [2.75, 3.05) is 4.90 Å². The second kappa shape index (κ2) is 15.3. The number of fused-ring (bicyclic) bond motifs is 6. The van der Waals surface area contributed by atoms with Gasteiger partial charge in [0.05, 0.1) is 5.41 Å². The fourth-order valence-electron chi connectivity index (χ4n) is 10.0. The number of nitrogens with zero attached hydrogens (tertiary/aromatic N) is 1. The highest BCUT2D eigenvalue weighted by Crippen LogP contribution is 2.56. The minimum Gasteiger partial charge on any atom is -0.310 e. The molecule has 0 spiro atoms. The Hall–Kier alpha value is -7.78. The standard InChI is InChI=1S/C61H41NS/c1-4-15-42(16-5-1)45-17-14-22-52(39-45)62(51-35-29-44(30-36-51)47-31-37-55-54-24-11-13-26-59(54)63-60(55)41-47)50-33-27-43(28-34-50)46-32-38-58-56(40-46)53-23-10-12-25-57(53)61(58,48-18-6-2-7-19-48)49-20-8-3-9-21-49/h1-41H. The van der Waals surface area contributed by atoms with Gasteiger partial charge in [0.1, 0.15) is 0 Å². The molecule has 1 aliphatic carbocycles. The molecule has 1 aromatic heterocycles. The summed E-state index contributed by atoms with van der Waals surface area (Å²) < 4.78 is 2.64. The van der Waals surface area contributed by atoms with E-state index in [4.69, 9.17) is 0 Å². The van der Waals surface area contributed by atoms with Gasteiger partial charge in [-0.1, -0.05) is 194 Å². The van der Waals surface area contributed by atoms with Crippen LogP contribution in [0, 0.1) is 0 Å².